The van der Waals surface area contributed by atoms with Gasteiger partial charge in [-0.25, -0.2) is 0 Å². The van der Waals surface area contributed by atoms with Crippen LogP contribution in [0, 0.1) is 11.8 Å². The molecule has 0 radical (unpaired) electrons. The third kappa shape index (κ3) is 2.11. The van der Waals surface area contributed by atoms with Gasteiger partial charge in [-0.3, -0.25) is 4.79 Å². The lowest BCUT2D eigenvalue weighted by atomic mass is 9.82. The Hall–Kier alpha value is -1.11. The SMILES string of the molecule is CC(C)[C@@H]1CC(=O)C[C@H]1c1ccccc1. The summed E-state index contributed by atoms with van der Waals surface area (Å²) in [5.74, 6) is 2.03. The van der Waals surface area contributed by atoms with Crippen molar-refractivity contribution < 1.29 is 4.79 Å². The standard InChI is InChI=1S/C14H18O/c1-10(2)13-8-12(15)9-14(13)11-6-4-3-5-7-11/h3-7,10,13-14H,8-9H2,1-2H3/t13-,14-/m0/s1. The molecule has 0 N–H and O–H groups in total. The van der Waals surface area contributed by atoms with Crippen molar-refractivity contribution in [1.82, 2.24) is 0 Å². The average Bonchev–Trinajstić information content (AvgIpc) is 2.62. The lowest BCUT2D eigenvalue weighted by Crippen LogP contribution is -2.12. The van der Waals surface area contributed by atoms with Crippen molar-refractivity contribution in [2.24, 2.45) is 11.8 Å². The molecule has 15 heavy (non-hydrogen) atoms. The molecule has 0 spiro atoms. The van der Waals surface area contributed by atoms with Crippen LogP contribution < -0.4 is 0 Å². The summed E-state index contributed by atoms with van der Waals surface area (Å²) in [5.41, 5.74) is 1.34. The molecule has 0 unspecified atom stereocenters. The first-order valence-electron chi connectivity index (χ1n) is 5.75. The Morgan fingerprint density at radius 2 is 1.80 bits per heavy atom. The number of ketones is 1. The third-order valence-electron chi connectivity index (χ3n) is 3.51. The lowest BCUT2D eigenvalue weighted by Gasteiger charge is -2.22. The van der Waals surface area contributed by atoms with E-state index in [1.165, 1.54) is 5.56 Å². The smallest absolute Gasteiger partial charge is 0.133 e. The molecule has 1 aromatic carbocycles. The van der Waals surface area contributed by atoms with Gasteiger partial charge in [0.15, 0.2) is 0 Å². The van der Waals surface area contributed by atoms with Crippen LogP contribution in [-0.4, -0.2) is 5.78 Å². The second kappa shape index (κ2) is 4.18. The van der Waals surface area contributed by atoms with Crippen molar-refractivity contribution in [3.05, 3.63) is 35.9 Å². The van der Waals surface area contributed by atoms with Crippen molar-refractivity contribution in [3.63, 3.8) is 0 Å². The minimum absolute atomic E-state index is 0.433. The molecule has 2 atom stereocenters. The van der Waals surface area contributed by atoms with E-state index in [9.17, 15) is 4.79 Å². The molecule has 0 saturated heterocycles. The highest BCUT2D eigenvalue weighted by atomic mass is 16.1. The Morgan fingerprint density at radius 1 is 1.13 bits per heavy atom. The van der Waals surface area contributed by atoms with Gasteiger partial charge < -0.3 is 0 Å². The summed E-state index contributed by atoms with van der Waals surface area (Å²) < 4.78 is 0. The van der Waals surface area contributed by atoms with E-state index in [4.69, 9.17) is 0 Å². The molecule has 1 aromatic rings. The number of Topliss-reactive ketones (excluding diaryl/α,β-unsaturated/α-hetero) is 1. The van der Waals surface area contributed by atoms with Crippen molar-refractivity contribution in [3.8, 4) is 0 Å². The molecule has 0 aliphatic heterocycles. The van der Waals surface area contributed by atoms with Gasteiger partial charge in [-0.15, -0.1) is 0 Å². The molecule has 2 rings (SSSR count). The molecule has 80 valence electrons. The predicted octanol–water partition coefficient (Wildman–Crippen LogP) is 3.41. The van der Waals surface area contributed by atoms with Crippen molar-refractivity contribution in [2.45, 2.75) is 32.6 Å². The zero-order valence-electron chi connectivity index (χ0n) is 9.44. The maximum atomic E-state index is 11.5. The Labute approximate surface area is 91.5 Å². The fourth-order valence-corrected chi connectivity index (χ4v) is 2.65. The summed E-state index contributed by atoms with van der Waals surface area (Å²) in [4.78, 5) is 11.5. The van der Waals surface area contributed by atoms with E-state index in [-0.39, 0.29) is 0 Å². The molecule has 1 heteroatoms. The summed E-state index contributed by atoms with van der Waals surface area (Å²) in [7, 11) is 0. The number of carbonyl (C=O) groups excluding carboxylic acids is 1. The zero-order chi connectivity index (χ0) is 10.8. The number of hydrogen-bond acceptors (Lipinski definition) is 1. The first kappa shape index (κ1) is 10.4. The largest absolute Gasteiger partial charge is 0.300 e. The van der Waals surface area contributed by atoms with Gasteiger partial charge >= 0.3 is 0 Å². The fraction of sp³-hybridized carbons (Fsp3) is 0.500. The van der Waals surface area contributed by atoms with Crippen LogP contribution in [0.1, 0.15) is 38.2 Å². The normalized spacial score (nSPS) is 26.2. The minimum Gasteiger partial charge on any atom is -0.300 e. The van der Waals surface area contributed by atoms with E-state index in [1.54, 1.807) is 0 Å². The number of hydrogen-bond donors (Lipinski definition) is 0. The predicted molar refractivity (Wildman–Crippen MR) is 61.8 cm³/mol. The molecule has 1 aliphatic rings. The minimum atomic E-state index is 0.433. The zero-order valence-corrected chi connectivity index (χ0v) is 9.44. The monoisotopic (exact) mass is 202 g/mol. The van der Waals surface area contributed by atoms with Crippen molar-refractivity contribution in [2.75, 3.05) is 0 Å². The molecule has 0 amide bonds. The summed E-state index contributed by atoms with van der Waals surface area (Å²) >= 11 is 0. The van der Waals surface area contributed by atoms with E-state index in [0.29, 0.717) is 23.5 Å². The van der Waals surface area contributed by atoms with E-state index in [1.807, 2.05) is 6.07 Å². The van der Waals surface area contributed by atoms with Crippen LogP contribution in [0.2, 0.25) is 0 Å². The van der Waals surface area contributed by atoms with Crippen LogP contribution in [-0.2, 0) is 4.79 Å². The maximum Gasteiger partial charge on any atom is 0.133 e. The average molecular weight is 202 g/mol. The second-order valence-corrected chi connectivity index (χ2v) is 4.87. The van der Waals surface area contributed by atoms with Gasteiger partial charge in [0.1, 0.15) is 5.78 Å². The lowest BCUT2D eigenvalue weighted by molar-refractivity contribution is -0.117. The summed E-state index contributed by atoms with van der Waals surface area (Å²) in [5, 5.41) is 0. The first-order valence-corrected chi connectivity index (χ1v) is 5.75. The van der Waals surface area contributed by atoms with Gasteiger partial charge in [0, 0.05) is 12.8 Å². The van der Waals surface area contributed by atoms with Crippen LogP contribution in [0.5, 0.6) is 0 Å². The molecule has 1 nitrogen and oxygen atoms in total. The highest BCUT2D eigenvalue weighted by Gasteiger charge is 2.35. The van der Waals surface area contributed by atoms with Gasteiger partial charge in [0.2, 0.25) is 0 Å². The van der Waals surface area contributed by atoms with E-state index in [2.05, 4.69) is 38.1 Å². The second-order valence-electron chi connectivity index (χ2n) is 4.87. The summed E-state index contributed by atoms with van der Waals surface area (Å²) in [6.07, 6.45) is 1.52. The molecule has 1 saturated carbocycles. The quantitative estimate of drug-likeness (QED) is 0.718. The van der Waals surface area contributed by atoms with Gasteiger partial charge in [0.05, 0.1) is 0 Å². The Morgan fingerprint density at radius 3 is 2.40 bits per heavy atom. The van der Waals surface area contributed by atoms with Crippen LogP contribution >= 0.6 is 0 Å². The van der Waals surface area contributed by atoms with Crippen LogP contribution in [0.3, 0.4) is 0 Å². The molecule has 0 bridgehead atoms. The first-order chi connectivity index (χ1) is 7.18. The van der Waals surface area contributed by atoms with E-state index >= 15 is 0 Å². The van der Waals surface area contributed by atoms with Gasteiger partial charge in [-0.2, -0.15) is 0 Å². The van der Waals surface area contributed by atoms with Crippen LogP contribution in [0.25, 0.3) is 0 Å². The fourth-order valence-electron chi connectivity index (χ4n) is 2.65. The Balaban J connectivity index is 2.24. The summed E-state index contributed by atoms with van der Waals surface area (Å²) in [6.45, 7) is 4.44. The van der Waals surface area contributed by atoms with Crippen molar-refractivity contribution >= 4 is 5.78 Å². The Kier molecular flexibility index (Phi) is 2.90. The highest BCUT2D eigenvalue weighted by molar-refractivity contribution is 5.82. The van der Waals surface area contributed by atoms with Crippen LogP contribution in [0.4, 0.5) is 0 Å². The van der Waals surface area contributed by atoms with Gasteiger partial charge in [-0.05, 0) is 23.3 Å². The molecular weight excluding hydrogens is 184 g/mol. The van der Waals surface area contributed by atoms with Crippen LogP contribution in [0.15, 0.2) is 30.3 Å². The van der Waals surface area contributed by atoms with Gasteiger partial charge in [-0.1, -0.05) is 44.2 Å². The maximum absolute atomic E-state index is 11.5. The number of benzene rings is 1. The van der Waals surface area contributed by atoms with E-state index < -0.39 is 0 Å². The molecular formula is C14H18O. The highest BCUT2D eigenvalue weighted by Crippen LogP contribution is 2.41. The number of rotatable bonds is 2. The Bertz CT molecular complexity index is 340. The molecule has 0 aromatic heterocycles. The van der Waals surface area contributed by atoms with E-state index in [0.717, 1.165) is 12.8 Å². The summed E-state index contributed by atoms with van der Waals surface area (Å²) in [6, 6.07) is 10.5. The third-order valence-corrected chi connectivity index (χ3v) is 3.51. The van der Waals surface area contributed by atoms with Crippen molar-refractivity contribution in [1.29, 1.82) is 0 Å². The molecule has 1 aliphatic carbocycles. The number of carbonyl (C=O) groups is 1. The topological polar surface area (TPSA) is 17.1 Å². The molecule has 1 fully saturated rings. The van der Waals surface area contributed by atoms with Gasteiger partial charge in [0.25, 0.3) is 0 Å². The molecule has 0 heterocycles.